The molecule has 6 heteroatoms. The van der Waals surface area contributed by atoms with Gasteiger partial charge in [-0.25, -0.2) is 0 Å². The summed E-state index contributed by atoms with van der Waals surface area (Å²) in [6.07, 6.45) is 1.49. The fourth-order valence-electron chi connectivity index (χ4n) is 1.39. The Balaban J connectivity index is 1.90. The summed E-state index contributed by atoms with van der Waals surface area (Å²) in [7, 11) is 0. The molecule has 0 aliphatic heterocycles. The van der Waals surface area contributed by atoms with Crippen molar-refractivity contribution < 1.29 is 9.53 Å². The van der Waals surface area contributed by atoms with Crippen molar-refractivity contribution in [2.24, 2.45) is 0 Å². The van der Waals surface area contributed by atoms with Gasteiger partial charge in [-0.1, -0.05) is 11.6 Å². The summed E-state index contributed by atoms with van der Waals surface area (Å²) in [6, 6.07) is 9.78. The van der Waals surface area contributed by atoms with Crippen LogP contribution in [-0.4, -0.2) is 17.5 Å². The molecule has 19 heavy (non-hydrogen) atoms. The topological polar surface area (TPSA) is 71.2 Å². The third-order valence-corrected chi connectivity index (χ3v) is 2.53. The van der Waals surface area contributed by atoms with Crippen molar-refractivity contribution in [3.63, 3.8) is 0 Å². The quantitative estimate of drug-likeness (QED) is 0.899. The van der Waals surface area contributed by atoms with E-state index in [-0.39, 0.29) is 17.9 Å². The number of carbonyl (C=O) groups is 1. The average Bonchev–Trinajstić information content (AvgIpc) is 2.41. The molecule has 0 bridgehead atoms. The zero-order chi connectivity index (χ0) is 13.7. The number of anilines is 1. The van der Waals surface area contributed by atoms with Crippen molar-refractivity contribution >= 4 is 23.2 Å². The summed E-state index contributed by atoms with van der Waals surface area (Å²) < 4.78 is 5.25. The van der Waals surface area contributed by atoms with E-state index in [0.717, 1.165) is 0 Å². The molecule has 0 saturated heterocycles. The molecule has 0 aliphatic rings. The maximum absolute atomic E-state index is 11.6. The average molecular weight is 279 g/mol. The molecule has 1 amide bonds. The molecule has 0 spiro atoms. The van der Waals surface area contributed by atoms with Crippen LogP contribution in [-0.2, 0) is 4.79 Å². The lowest BCUT2D eigenvalue weighted by molar-refractivity contribution is -0.118. The Labute approximate surface area is 114 Å². The monoisotopic (exact) mass is 278 g/mol. The molecule has 0 saturated carbocycles. The molecule has 1 heterocycles. The predicted molar refractivity (Wildman–Crippen MR) is 72.6 cm³/mol. The van der Waals surface area contributed by atoms with Crippen LogP contribution in [0, 0.1) is 0 Å². The van der Waals surface area contributed by atoms with E-state index in [4.69, 9.17) is 16.3 Å². The summed E-state index contributed by atoms with van der Waals surface area (Å²) in [5.74, 6) is 0.119. The minimum absolute atomic E-state index is 0.185. The zero-order valence-electron chi connectivity index (χ0n) is 9.85. The number of hydrogen-bond acceptors (Lipinski definition) is 3. The molecule has 0 atom stereocenters. The van der Waals surface area contributed by atoms with Gasteiger partial charge in [0.05, 0.1) is 0 Å². The summed E-state index contributed by atoms with van der Waals surface area (Å²) >= 11 is 5.73. The molecule has 2 rings (SSSR count). The summed E-state index contributed by atoms with van der Waals surface area (Å²) in [4.78, 5) is 25.4. The van der Waals surface area contributed by atoms with Gasteiger partial charge in [-0.15, -0.1) is 0 Å². The minimum atomic E-state index is -0.411. The van der Waals surface area contributed by atoms with E-state index >= 15 is 0 Å². The third-order valence-electron chi connectivity index (χ3n) is 2.28. The zero-order valence-corrected chi connectivity index (χ0v) is 10.6. The van der Waals surface area contributed by atoms with E-state index in [0.29, 0.717) is 10.8 Å². The number of pyridine rings is 1. The van der Waals surface area contributed by atoms with Gasteiger partial charge in [0.25, 0.3) is 11.5 Å². The van der Waals surface area contributed by atoms with E-state index < -0.39 is 5.91 Å². The number of H-pyrrole nitrogens is 1. The number of aromatic nitrogens is 1. The largest absolute Gasteiger partial charge is 0.484 e. The fourth-order valence-corrected chi connectivity index (χ4v) is 1.51. The first-order valence-corrected chi connectivity index (χ1v) is 5.89. The molecule has 2 aromatic rings. The Kier molecular flexibility index (Phi) is 4.20. The Morgan fingerprint density at radius 3 is 2.68 bits per heavy atom. The van der Waals surface area contributed by atoms with Crippen LogP contribution in [0.4, 0.5) is 5.69 Å². The molecule has 1 aromatic carbocycles. The lowest BCUT2D eigenvalue weighted by Crippen LogP contribution is -2.24. The van der Waals surface area contributed by atoms with Gasteiger partial charge >= 0.3 is 0 Å². The first-order chi connectivity index (χ1) is 9.15. The van der Waals surface area contributed by atoms with Crippen molar-refractivity contribution in [1.29, 1.82) is 0 Å². The van der Waals surface area contributed by atoms with Crippen LogP contribution >= 0.6 is 11.6 Å². The van der Waals surface area contributed by atoms with Crippen LogP contribution in [0.5, 0.6) is 5.75 Å². The predicted octanol–water partition coefficient (Wildman–Crippen LogP) is 2.05. The number of nitrogens with one attached hydrogen (secondary N) is 2. The van der Waals surface area contributed by atoms with Gasteiger partial charge in [-0.05, 0) is 36.4 Å². The Bertz CT molecular complexity index is 622. The van der Waals surface area contributed by atoms with E-state index in [1.807, 2.05) is 0 Å². The molecule has 5 nitrogen and oxygen atoms in total. The van der Waals surface area contributed by atoms with Crippen molar-refractivity contribution in [3.05, 3.63) is 58.0 Å². The maximum atomic E-state index is 11.6. The van der Waals surface area contributed by atoms with Crippen LogP contribution in [0.25, 0.3) is 0 Å². The lowest BCUT2D eigenvalue weighted by Gasteiger charge is -2.06. The molecular weight excluding hydrogens is 268 g/mol. The highest BCUT2D eigenvalue weighted by atomic mass is 35.5. The Morgan fingerprint density at radius 2 is 2.00 bits per heavy atom. The smallest absolute Gasteiger partial charge is 0.271 e. The number of halogens is 1. The van der Waals surface area contributed by atoms with E-state index in [1.165, 1.54) is 12.3 Å². The lowest BCUT2D eigenvalue weighted by atomic mass is 10.3. The van der Waals surface area contributed by atoms with Gasteiger partial charge in [0.1, 0.15) is 11.4 Å². The molecule has 98 valence electrons. The number of rotatable bonds is 4. The van der Waals surface area contributed by atoms with Crippen LogP contribution in [0.15, 0.2) is 47.4 Å². The van der Waals surface area contributed by atoms with E-state index in [1.54, 1.807) is 30.3 Å². The molecule has 1 aromatic heterocycles. The fraction of sp³-hybridized carbons (Fsp3) is 0.0769. The first kappa shape index (κ1) is 13.2. The van der Waals surface area contributed by atoms with Crippen molar-refractivity contribution in [2.75, 3.05) is 11.9 Å². The number of ether oxygens (including phenoxy) is 1. The van der Waals surface area contributed by atoms with Gasteiger partial charge in [-0.3, -0.25) is 9.59 Å². The standard InChI is InChI=1S/C13H11ClN2O3/c14-9-3-5-10(6-4-9)19-8-12(17)16-11-2-1-7-15-13(11)18/h1-7H,8H2,(H,15,18)(H,16,17). The molecule has 0 aliphatic carbocycles. The van der Waals surface area contributed by atoms with Crippen molar-refractivity contribution in [2.45, 2.75) is 0 Å². The Morgan fingerprint density at radius 1 is 1.26 bits per heavy atom. The minimum Gasteiger partial charge on any atom is -0.484 e. The summed E-state index contributed by atoms with van der Waals surface area (Å²) in [5.41, 5.74) is -0.172. The van der Waals surface area contributed by atoms with Crippen molar-refractivity contribution in [1.82, 2.24) is 4.98 Å². The van der Waals surface area contributed by atoms with E-state index in [2.05, 4.69) is 10.3 Å². The van der Waals surface area contributed by atoms with Crippen LogP contribution < -0.4 is 15.6 Å². The summed E-state index contributed by atoms with van der Waals surface area (Å²) in [5, 5.41) is 3.05. The van der Waals surface area contributed by atoms with Gasteiger partial charge in [-0.2, -0.15) is 0 Å². The first-order valence-electron chi connectivity index (χ1n) is 5.51. The number of aromatic amines is 1. The van der Waals surface area contributed by atoms with Gasteiger partial charge < -0.3 is 15.0 Å². The molecule has 0 unspecified atom stereocenters. The second-order valence-electron chi connectivity index (χ2n) is 3.70. The number of amides is 1. The number of benzene rings is 1. The van der Waals surface area contributed by atoms with Crippen molar-refractivity contribution in [3.8, 4) is 5.75 Å². The molecule has 0 fully saturated rings. The highest BCUT2D eigenvalue weighted by molar-refractivity contribution is 6.30. The second kappa shape index (κ2) is 6.06. The number of hydrogen-bond donors (Lipinski definition) is 2. The molecule has 2 N–H and O–H groups in total. The highest BCUT2D eigenvalue weighted by Gasteiger charge is 2.05. The van der Waals surface area contributed by atoms with Crippen LogP contribution in [0.3, 0.4) is 0 Å². The molecule has 0 radical (unpaired) electrons. The second-order valence-corrected chi connectivity index (χ2v) is 4.14. The van der Waals surface area contributed by atoms with E-state index in [9.17, 15) is 9.59 Å². The van der Waals surface area contributed by atoms with Crippen LogP contribution in [0.2, 0.25) is 5.02 Å². The molecular formula is C13H11ClN2O3. The highest BCUT2D eigenvalue weighted by Crippen LogP contribution is 2.15. The maximum Gasteiger partial charge on any atom is 0.271 e. The van der Waals surface area contributed by atoms with Gasteiger partial charge in [0.15, 0.2) is 6.61 Å². The third kappa shape index (κ3) is 3.86. The number of carbonyl (C=O) groups excluding carboxylic acids is 1. The van der Waals surface area contributed by atoms with Gasteiger partial charge in [0, 0.05) is 11.2 Å². The summed E-state index contributed by atoms with van der Waals surface area (Å²) in [6.45, 7) is -0.185. The van der Waals surface area contributed by atoms with Gasteiger partial charge in [0.2, 0.25) is 0 Å². The normalized spacial score (nSPS) is 9.95. The Hall–Kier alpha value is -2.27. The van der Waals surface area contributed by atoms with Crippen LogP contribution in [0.1, 0.15) is 0 Å². The SMILES string of the molecule is O=C(COc1ccc(Cl)cc1)Nc1ccc[nH]c1=O.